The van der Waals surface area contributed by atoms with Gasteiger partial charge < -0.3 is 9.11 Å². The molecule has 0 amide bonds. The SMILES string of the molecule is C=CP(=O)(O)O[Si](C)(C)C. The van der Waals surface area contributed by atoms with Crippen molar-refractivity contribution in [1.82, 2.24) is 0 Å². The van der Waals surface area contributed by atoms with Crippen LogP contribution in [0.15, 0.2) is 12.4 Å². The zero-order valence-corrected chi connectivity index (χ0v) is 8.39. The highest BCUT2D eigenvalue weighted by Gasteiger charge is 2.25. The van der Waals surface area contributed by atoms with Gasteiger partial charge in [-0.05, 0) is 19.6 Å². The minimum atomic E-state index is -3.47. The Bertz CT molecular complexity index is 172. The Morgan fingerprint density at radius 2 is 2.00 bits per heavy atom. The molecule has 1 N–H and O–H groups in total. The van der Waals surface area contributed by atoms with Gasteiger partial charge in [-0.15, -0.1) is 0 Å². The third-order valence-electron chi connectivity index (χ3n) is 0.635. The fraction of sp³-hybridized carbons (Fsp3) is 0.600. The number of rotatable bonds is 3. The van der Waals surface area contributed by atoms with Gasteiger partial charge in [-0.1, -0.05) is 6.58 Å². The first-order valence-corrected chi connectivity index (χ1v) is 7.99. The highest BCUT2D eigenvalue weighted by Crippen LogP contribution is 2.45. The number of hydrogen-bond donors (Lipinski definition) is 1. The summed E-state index contributed by atoms with van der Waals surface area (Å²) in [6.45, 7) is 8.74. The van der Waals surface area contributed by atoms with E-state index in [1.807, 2.05) is 19.6 Å². The van der Waals surface area contributed by atoms with E-state index in [1.54, 1.807) is 0 Å². The summed E-state index contributed by atoms with van der Waals surface area (Å²) in [5.41, 5.74) is 0. The van der Waals surface area contributed by atoms with Crippen LogP contribution in [0.25, 0.3) is 0 Å². The summed E-state index contributed by atoms with van der Waals surface area (Å²) in [5.74, 6) is 0.964. The molecule has 60 valence electrons. The van der Waals surface area contributed by atoms with Gasteiger partial charge in [0, 0.05) is 5.82 Å². The molecule has 0 aromatic carbocycles. The normalized spacial score (nSPS) is 18.0. The smallest absolute Gasteiger partial charge is 0.341 e. The average Bonchev–Trinajstić information content (AvgIpc) is 1.60. The maximum absolute atomic E-state index is 10.8. The molecule has 10 heavy (non-hydrogen) atoms. The highest BCUT2D eigenvalue weighted by molar-refractivity contribution is 7.57. The molecule has 0 aliphatic carbocycles. The Morgan fingerprint density at radius 1 is 1.60 bits per heavy atom. The van der Waals surface area contributed by atoms with E-state index in [4.69, 9.17) is 9.11 Å². The Morgan fingerprint density at radius 3 is 2.10 bits per heavy atom. The minimum absolute atomic E-state index is 0.964. The third kappa shape index (κ3) is 4.94. The molecule has 0 spiro atoms. The van der Waals surface area contributed by atoms with E-state index in [0.29, 0.717) is 0 Å². The molecule has 0 bridgehead atoms. The molecule has 0 saturated heterocycles. The summed E-state index contributed by atoms with van der Waals surface area (Å²) < 4.78 is 15.8. The van der Waals surface area contributed by atoms with Gasteiger partial charge in [0.1, 0.15) is 0 Å². The van der Waals surface area contributed by atoms with Crippen molar-refractivity contribution in [1.29, 1.82) is 0 Å². The second-order valence-electron chi connectivity index (χ2n) is 2.95. The van der Waals surface area contributed by atoms with Crippen LogP contribution in [0.1, 0.15) is 0 Å². The molecule has 0 aliphatic heterocycles. The van der Waals surface area contributed by atoms with Crippen LogP contribution in [0.2, 0.25) is 19.6 Å². The molecule has 0 aliphatic rings. The summed E-state index contributed by atoms with van der Waals surface area (Å²) in [7, 11) is -5.37. The van der Waals surface area contributed by atoms with Crippen LogP contribution in [-0.4, -0.2) is 13.2 Å². The molecule has 5 heteroatoms. The Kier molecular flexibility index (Phi) is 3.04. The molecule has 0 aromatic heterocycles. The second-order valence-corrected chi connectivity index (χ2v) is 9.40. The standard InChI is InChI=1S/C5H13O3PSi/c1-5-9(6,7)8-10(2,3)4/h5H,1H2,2-4H3,(H,6,7). The van der Waals surface area contributed by atoms with Crippen molar-refractivity contribution >= 4 is 15.9 Å². The Balaban J connectivity index is 4.16. The maximum Gasteiger partial charge on any atom is 0.341 e. The van der Waals surface area contributed by atoms with Crippen molar-refractivity contribution in [2.24, 2.45) is 0 Å². The molecule has 0 heterocycles. The van der Waals surface area contributed by atoms with Crippen molar-refractivity contribution < 1.29 is 13.7 Å². The quantitative estimate of drug-likeness (QED) is 0.534. The van der Waals surface area contributed by atoms with Crippen molar-refractivity contribution in [2.45, 2.75) is 19.6 Å². The summed E-state index contributed by atoms with van der Waals surface area (Å²) >= 11 is 0. The first kappa shape index (κ1) is 10.1. The minimum Gasteiger partial charge on any atom is -0.348 e. The van der Waals surface area contributed by atoms with Gasteiger partial charge >= 0.3 is 7.60 Å². The summed E-state index contributed by atoms with van der Waals surface area (Å²) in [6.07, 6.45) is 0. The van der Waals surface area contributed by atoms with Crippen molar-refractivity contribution in [2.75, 3.05) is 0 Å². The molecule has 1 atom stereocenters. The van der Waals surface area contributed by atoms with E-state index in [1.165, 1.54) is 0 Å². The van der Waals surface area contributed by atoms with Crippen LogP contribution in [-0.2, 0) is 8.78 Å². The lowest BCUT2D eigenvalue weighted by Crippen LogP contribution is -2.22. The zero-order chi connectivity index (χ0) is 8.41. The highest BCUT2D eigenvalue weighted by atomic mass is 31.2. The van der Waals surface area contributed by atoms with Gasteiger partial charge in [-0.25, -0.2) is 0 Å². The molecule has 0 saturated carbocycles. The van der Waals surface area contributed by atoms with Crippen LogP contribution in [0.3, 0.4) is 0 Å². The maximum atomic E-state index is 10.8. The van der Waals surface area contributed by atoms with E-state index in [9.17, 15) is 4.57 Å². The predicted molar refractivity (Wildman–Crippen MR) is 44.5 cm³/mol. The van der Waals surface area contributed by atoms with E-state index in [0.717, 1.165) is 5.82 Å². The molecule has 3 nitrogen and oxygen atoms in total. The summed E-state index contributed by atoms with van der Waals surface area (Å²) in [4.78, 5) is 8.91. The second kappa shape index (κ2) is 3.01. The first-order chi connectivity index (χ1) is 4.27. The molecule has 0 radical (unpaired) electrons. The van der Waals surface area contributed by atoms with Gasteiger partial charge in [0.2, 0.25) is 0 Å². The molecular formula is C5H13O3PSi. The molecule has 0 aromatic rings. The van der Waals surface area contributed by atoms with Gasteiger partial charge in [-0.3, -0.25) is 4.57 Å². The van der Waals surface area contributed by atoms with Crippen LogP contribution >= 0.6 is 7.60 Å². The molecule has 0 rings (SSSR count). The van der Waals surface area contributed by atoms with Gasteiger partial charge in [-0.2, -0.15) is 0 Å². The van der Waals surface area contributed by atoms with Crippen molar-refractivity contribution in [3.8, 4) is 0 Å². The van der Waals surface area contributed by atoms with Crippen molar-refractivity contribution in [3.05, 3.63) is 12.4 Å². The summed E-state index contributed by atoms with van der Waals surface area (Å²) in [5, 5.41) is 0. The monoisotopic (exact) mass is 180 g/mol. The van der Waals surface area contributed by atoms with E-state index >= 15 is 0 Å². The lowest BCUT2D eigenvalue weighted by atomic mass is 11.3. The summed E-state index contributed by atoms with van der Waals surface area (Å²) in [6, 6.07) is 0. The van der Waals surface area contributed by atoms with Crippen LogP contribution in [0.5, 0.6) is 0 Å². The lowest BCUT2D eigenvalue weighted by Gasteiger charge is -2.18. The number of hydrogen-bond acceptors (Lipinski definition) is 2. The Labute approximate surface area is 62.4 Å². The van der Waals surface area contributed by atoms with E-state index < -0.39 is 15.9 Å². The van der Waals surface area contributed by atoms with Crippen molar-refractivity contribution in [3.63, 3.8) is 0 Å². The van der Waals surface area contributed by atoms with E-state index in [2.05, 4.69) is 6.58 Å². The van der Waals surface area contributed by atoms with Crippen LogP contribution in [0, 0.1) is 0 Å². The predicted octanol–water partition coefficient (Wildman–Crippen LogP) is 2.17. The lowest BCUT2D eigenvalue weighted by molar-refractivity contribution is 0.391. The van der Waals surface area contributed by atoms with Gasteiger partial charge in [0.15, 0.2) is 8.32 Å². The topological polar surface area (TPSA) is 46.5 Å². The largest absolute Gasteiger partial charge is 0.348 e. The zero-order valence-electron chi connectivity index (χ0n) is 6.50. The molecule has 0 fully saturated rings. The van der Waals surface area contributed by atoms with E-state index in [-0.39, 0.29) is 0 Å². The fourth-order valence-corrected chi connectivity index (χ4v) is 3.87. The van der Waals surface area contributed by atoms with Crippen LogP contribution < -0.4 is 0 Å². The van der Waals surface area contributed by atoms with Crippen LogP contribution in [0.4, 0.5) is 0 Å². The molecule has 1 unspecified atom stereocenters. The van der Waals surface area contributed by atoms with Gasteiger partial charge in [0.25, 0.3) is 0 Å². The molecular weight excluding hydrogens is 167 g/mol. The Hall–Kier alpha value is 0.107. The average molecular weight is 180 g/mol. The third-order valence-corrected chi connectivity index (χ3v) is 4.33. The first-order valence-electron chi connectivity index (χ1n) is 2.94. The van der Waals surface area contributed by atoms with Gasteiger partial charge in [0.05, 0.1) is 0 Å². The fourth-order valence-electron chi connectivity index (χ4n) is 0.430.